The van der Waals surface area contributed by atoms with Gasteiger partial charge in [-0.3, -0.25) is 9.59 Å². The molecule has 28 heavy (non-hydrogen) atoms. The average molecular weight is 413 g/mol. The Morgan fingerprint density at radius 1 is 1.18 bits per heavy atom. The Morgan fingerprint density at radius 3 is 2.39 bits per heavy atom. The minimum atomic E-state index is -3.81. The van der Waals surface area contributed by atoms with Gasteiger partial charge in [0.15, 0.2) is 0 Å². The predicted octanol–water partition coefficient (Wildman–Crippen LogP) is -0.162. The van der Waals surface area contributed by atoms with E-state index in [-0.39, 0.29) is 37.7 Å². The normalized spacial score (nSPS) is 17.5. The molecule has 0 radical (unpaired) electrons. The summed E-state index contributed by atoms with van der Waals surface area (Å²) in [4.78, 5) is 23.8. The molecule has 10 heteroatoms. The van der Waals surface area contributed by atoms with E-state index in [0.29, 0.717) is 11.1 Å². The number of nitrogens with zero attached hydrogens (tertiary/aromatic N) is 1. The Bertz CT molecular complexity index is 817. The van der Waals surface area contributed by atoms with Gasteiger partial charge in [0, 0.05) is 20.2 Å². The molecule has 1 fully saturated rings. The van der Waals surface area contributed by atoms with Crippen molar-refractivity contribution >= 4 is 21.8 Å². The van der Waals surface area contributed by atoms with Gasteiger partial charge in [-0.1, -0.05) is 17.7 Å². The molecule has 0 saturated carbocycles. The lowest BCUT2D eigenvalue weighted by Crippen LogP contribution is -2.47. The highest BCUT2D eigenvalue weighted by molar-refractivity contribution is 7.89. The summed E-state index contributed by atoms with van der Waals surface area (Å²) >= 11 is 0. The Morgan fingerprint density at radius 2 is 1.79 bits per heavy atom. The van der Waals surface area contributed by atoms with Crippen LogP contribution < -0.4 is 10.6 Å². The number of carbonyl (C=O) groups excluding carboxylic acids is 2. The van der Waals surface area contributed by atoms with Crippen LogP contribution in [0.25, 0.3) is 0 Å². The molecule has 2 N–H and O–H groups in total. The van der Waals surface area contributed by atoms with Crippen LogP contribution >= 0.6 is 0 Å². The predicted molar refractivity (Wildman–Crippen MR) is 102 cm³/mol. The van der Waals surface area contributed by atoms with Gasteiger partial charge in [-0.25, -0.2) is 8.42 Å². The van der Waals surface area contributed by atoms with Crippen molar-refractivity contribution < 1.29 is 27.5 Å². The Kier molecular flexibility index (Phi) is 7.53. The molecule has 1 aromatic rings. The van der Waals surface area contributed by atoms with E-state index in [1.54, 1.807) is 13.8 Å². The van der Waals surface area contributed by atoms with E-state index in [0.717, 1.165) is 5.56 Å². The highest BCUT2D eigenvalue weighted by Crippen LogP contribution is 2.28. The molecule has 1 heterocycles. The molecule has 156 valence electrons. The lowest BCUT2D eigenvalue weighted by molar-refractivity contribution is -0.139. The molecule has 2 amide bonds. The quantitative estimate of drug-likeness (QED) is 0.474. The van der Waals surface area contributed by atoms with E-state index in [1.807, 2.05) is 19.1 Å². The fourth-order valence-electron chi connectivity index (χ4n) is 3.24. The van der Waals surface area contributed by atoms with Crippen LogP contribution in [0.3, 0.4) is 0 Å². The number of methoxy groups -OCH3 is 1. The largest absolute Gasteiger partial charge is 0.383 e. The summed E-state index contributed by atoms with van der Waals surface area (Å²) in [6.07, 6.45) is -0.874. The highest BCUT2D eigenvalue weighted by atomic mass is 32.2. The maximum Gasteiger partial charge on any atom is 0.309 e. The first-order valence-corrected chi connectivity index (χ1v) is 10.4. The van der Waals surface area contributed by atoms with Crippen molar-refractivity contribution in [2.24, 2.45) is 0 Å². The zero-order valence-corrected chi connectivity index (χ0v) is 17.4. The second kappa shape index (κ2) is 9.46. The van der Waals surface area contributed by atoms with E-state index < -0.39 is 28.1 Å². The van der Waals surface area contributed by atoms with Gasteiger partial charge in [0.1, 0.15) is 6.23 Å². The average Bonchev–Trinajstić information content (AvgIpc) is 3.08. The van der Waals surface area contributed by atoms with Crippen LogP contribution in [-0.4, -0.2) is 70.7 Å². The minimum absolute atomic E-state index is 0.125. The molecule has 0 bridgehead atoms. The summed E-state index contributed by atoms with van der Waals surface area (Å²) in [6.45, 7) is 6.17. The molecule has 0 aliphatic carbocycles. The summed E-state index contributed by atoms with van der Waals surface area (Å²) in [7, 11) is -2.33. The topological polar surface area (TPSA) is 114 Å². The van der Waals surface area contributed by atoms with Gasteiger partial charge in [0.2, 0.25) is 10.0 Å². The van der Waals surface area contributed by atoms with Crippen LogP contribution in [0.5, 0.6) is 0 Å². The summed E-state index contributed by atoms with van der Waals surface area (Å²) in [5.74, 6) is -1.67. The first kappa shape index (κ1) is 22.3. The molecule has 0 aromatic heterocycles. The van der Waals surface area contributed by atoms with E-state index in [1.165, 1.54) is 11.4 Å². The number of aryl methyl sites for hydroxylation is 3. The number of hydrogen-bond acceptors (Lipinski definition) is 6. The summed E-state index contributed by atoms with van der Waals surface area (Å²) < 4.78 is 37.9. The van der Waals surface area contributed by atoms with Crippen LogP contribution in [-0.2, 0) is 29.1 Å². The van der Waals surface area contributed by atoms with Gasteiger partial charge in [0.05, 0.1) is 24.7 Å². The number of carbonyl (C=O) groups is 2. The molecule has 1 atom stereocenters. The van der Waals surface area contributed by atoms with Gasteiger partial charge in [-0.15, -0.1) is 0 Å². The first-order valence-electron chi connectivity index (χ1n) is 8.94. The van der Waals surface area contributed by atoms with Crippen LogP contribution in [0, 0.1) is 20.8 Å². The zero-order valence-electron chi connectivity index (χ0n) is 16.6. The van der Waals surface area contributed by atoms with Crippen molar-refractivity contribution in [1.29, 1.82) is 0 Å². The van der Waals surface area contributed by atoms with Crippen LogP contribution in [0.4, 0.5) is 0 Å². The molecule has 1 saturated heterocycles. The fraction of sp³-hybridized carbons (Fsp3) is 0.556. The number of sulfonamides is 1. The van der Waals surface area contributed by atoms with Crippen LogP contribution in [0.15, 0.2) is 17.0 Å². The molecular formula is C18H27N3O6S. The van der Waals surface area contributed by atoms with Gasteiger partial charge >= 0.3 is 11.8 Å². The lowest BCUT2D eigenvalue weighted by Gasteiger charge is -2.24. The number of amides is 2. The van der Waals surface area contributed by atoms with E-state index in [4.69, 9.17) is 9.47 Å². The fourth-order valence-corrected chi connectivity index (χ4v) is 5.17. The van der Waals surface area contributed by atoms with Gasteiger partial charge in [0.25, 0.3) is 0 Å². The molecule has 1 aliphatic heterocycles. The molecule has 1 aliphatic rings. The number of nitrogens with one attached hydrogen (secondary N) is 2. The number of rotatable bonds is 7. The van der Waals surface area contributed by atoms with Crippen molar-refractivity contribution in [1.82, 2.24) is 14.9 Å². The van der Waals surface area contributed by atoms with Crippen molar-refractivity contribution in [3.05, 3.63) is 28.8 Å². The summed E-state index contributed by atoms with van der Waals surface area (Å²) in [5, 5.41) is 4.82. The third-order valence-electron chi connectivity index (χ3n) is 4.35. The van der Waals surface area contributed by atoms with Crippen LogP contribution in [0.2, 0.25) is 0 Å². The van der Waals surface area contributed by atoms with Gasteiger partial charge in [-0.05, 0) is 31.9 Å². The SMILES string of the molecule is COCCNC(=O)C(=O)NC[C@@H]1OCCN1S(=O)(=O)c1c(C)cc(C)cc1C. The standard InChI is InChI=1S/C18H27N3O6S/c1-12-9-13(2)16(14(3)10-12)28(24,25)21-6-8-27-15(21)11-20-18(23)17(22)19-5-7-26-4/h9-10,15H,5-8,11H2,1-4H3,(H,19,22)(H,20,23)/t15-/m0/s1. The molecule has 0 spiro atoms. The third-order valence-corrected chi connectivity index (χ3v) is 6.54. The highest BCUT2D eigenvalue weighted by Gasteiger charge is 2.38. The third kappa shape index (κ3) is 5.07. The Labute approximate surface area is 165 Å². The minimum Gasteiger partial charge on any atom is -0.383 e. The summed E-state index contributed by atoms with van der Waals surface area (Å²) in [5.41, 5.74) is 2.30. The van der Waals surface area contributed by atoms with Crippen molar-refractivity contribution in [3.63, 3.8) is 0 Å². The molecular weight excluding hydrogens is 386 g/mol. The first-order chi connectivity index (χ1) is 13.2. The molecule has 1 aromatic carbocycles. The maximum atomic E-state index is 13.2. The monoisotopic (exact) mass is 413 g/mol. The summed E-state index contributed by atoms with van der Waals surface area (Å²) in [6, 6.07) is 3.63. The Hall–Kier alpha value is -2.01. The van der Waals surface area contributed by atoms with Crippen molar-refractivity contribution in [2.75, 3.05) is 40.0 Å². The van der Waals surface area contributed by atoms with Crippen molar-refractivity contribution in [3.8, 4) is 0 Å². The molecule has 0 unspecified atom stereocenters. The van der Waals surface area contributed by atoms with E-state index >= 15 is 0 Å². The Balaban J connectivity index is 2.08. The van der Waals surface area contributed by atoms with E-state index in [2.05, 4.69) is 10.6 Å². The molecule has 9 nitrogen and oxygen atoms in total. The lowest BCUT2D eigenvalue weighted by atomic mass is 10.1. The van der Waals surface area contributed by atoms with Gasteiger partial charge < -0.3 is 20.1 Å². The van der Waals surface area contributed by atoms with Crippen molar-refractivity contribution in [2.45, 2.75) is 31.9 Å². The van der Waals surface area contributed by atoms with E-state index in [9.17, 15) is 18.0 Å². The van der Waals surface area contributed by atoms with Crippen LogP contribution in [0.1, 0.15) is 16.7 Å². The smallest absolute Gasteiger partial charge is 0.309 e. The number of hydrogen-bond donors (Lipinski definition) is 2. The number of benzene rings is 1. The zero-order chi connectivity index (χ0) is 20.9. The van der Waals surface area contributed by atoms with Gasteiger partial charge in [-0.2, -0.15) is 4.31 Å². The molecule has 2 rings (SSSR count). The second-order valence-electron chi connectivity index (χ2n) is 6.63. The number of ether oxygens (including phenoxy) is 2. The second-order valence-corrected chi connectivity index (χ2v) is 8.46. The maximum absolute atomic E-state index is 13.2.